The van der Waals surface area contributed by atoms with E-state index in [0.29, 0.717) is 30.5 Å². The molecule has 0 atom stereocenters. The third kappa shape index (κ3) is 6.57. The van der Waals surface area contributed by atoms with Gasteiger partial charge in [0.2, 0.25) is 5.89 Å². The first-order valence-electron chi connectivity index (χ1n) is 11.1. The van der Waals surface area contributed by atoms with E-state index in [4.69, 9.17) is 4.52 Å². The summed E-state index contributed by atoms with van der Waals surface area (Å²) in [6, 6.07) is 3.68. The summed E-state index contributed by atoms with van der Waals surface area (Å²) < 4.78 is 18.2. The van der Waals surface area contributed by atoms with Gasteiger partial charge in [-0.2, -0.15) is 10.1 Å². The molecule has 0 spiro atoms. The van der Waals surface area contributed by atoms with E-state index in [2.05, 4.69) is 31.9 Å². The molecular weight excluding hydrogens is 423 g/mol. The van der Waals surface area contributed by atoms with E-state index in [1.165, 1.54) is 0 Å². The zero-order chi connectivity index (χ0) is 23.8. The summed E-state index contributed by atoms with van der Waals surface area (Å²) in [7, 11) is 0. The van der Waals surface area contributed by atoms with Crippen LogP contribution in [0.25, 0.3) is 11.1 Å². The average molecular weight is 455 g/mol. The number of aryl methyl sites for hydroxylation is 1. The molecule has 0 bridgehead atoms. The quantitative estimate of drug-likeness (QED) is 0.329. The zero-order valence-corrected chi connectivity index (χ0v) is 19.5. The first-order valence-corrected chi connectivity index (χ1v) is 11.1. The molecule has 1 amide bonds. The van der Waals surface area contributed by atoms with Crippen LogP contribution in [0.15, 0.2) is 47.4 Å². The molecule has 3 aromatic rings. The number of carbonyl (C=O) groups is 1. The largest absolute Gasteiger partial charge is 0.339 e. The fraction of sp³-hybridized carbons (Fsp3) is 0.458. The minimum absolute atomic E-state index is 0.00466. The third-order valence-corrected chi connectivity index (χ3v) is 5.19. The number of carbonyl (C=O) groups excluding carboxylic acids is 1. The van der Waals surface area contributed by atoms with Crippen molar-refractivity contribution in [3.05, 3.63) is 54.6 Å². The van der Waals surface area contributed by atoms with Gasteiger partial charge in [-0.3, -0.25) is 19.2 Å². The third-order valence-electron chi connectivity index (χ3n) is 5.19. The number of nitrogens with zero attached hydrogens (tertiary/aromatic N) is 5. The fourth-order valence-electron chi connectivity index (χ4n) is 3.28. The summed E-state index contributed by atoms with van der Waals surface area (Å²) in [5.74, 6) is 1.52. The minimum Gasteiger partial charge on any atom is -0.339 e. The number of halogens is 1. The molecule has 0 radical (unpaired) electrons. The van der Waals surface area contributed by atoms with Gasteiger partial charge >= 0.3 is 0 Å². The van der Waals surface area contributed by atoms with Gasteiger partial charge in [0.25, 0.3) is 5.91 Å². The number of amides is 1. The molecule has 0 aliphatic heterocycles. The number of hydrogen-bond acceptors (Lipinski definition) is 6. The lowest BCUT2D eigenvalue weighted by Gasteiger charge is -2.23. The molecule has 0 aliphatic carbocycles. The molecule has 1 N–H and O–H groups in total. The van der Waals surface area contributed by atoms with Gasteiger partial charge in [-0.15, -0.1) is 0 Å². The molecule has 0 saturated heterocycles. The highest BCUT2D eigenvalue weighted by Crippen LogP contribution is 2.24. The number of H-pyrrole nitrogens is 1. The number of hydrogen-bond donors (Lipinski definition) is 1. The molecule has 3 aromatic heterocycles. The summed E-state index contributed by atoms with van der Waals surface area (Å²) in [5.41, 5.74) is 1.83. The van der Waals surface area contributed by atoms with Crippen molar-refractivity contribution in [2.75, 3.05) is 18.1 Å². The SMILES string of the molecule is C=C(CCF)C(=O)N(CCCCCc1noc(C(C)(C)C)n1)c1cc(-c2cn[nH]c2)ccn1. The second-order valence-corrected chi connectivity index (χ2v) is 8.97. The molecule has 0 aromatic carbocycles. The lowest BCUT2D eigenvalue weighted by atomic mass is 9.97. The Balaban J connectivity index is 1.63. The van der Waals surface area contributed by atoms with Crippen LogP contribution in [0.2, 0.25) is 0 Å². The van der Waals surface area contributed by atoms with Crippen LogP contribution in [0, 0.1) is 0 Å². The van der Waals surface area contributed by atoms with Crippen molar-refractivity contribution in [1.29, 1.82) is 0 Å². The first kappa shape index (κ1) is 24.3. The maximum atomic E-state index is 13.0. The van der Waals surface area contributed by atoms with Crippen LogP contribution in [0.3, 0.4) is 0 Å². The van der Waals surface area contributed by atoms with Crippen molar-refractivity contribution >= 4 is 11.7 Å². The van der Waals surface area contributed by atoms with Crippen LogP contribution < -0.4 is 4.90 Å². The molecule has 3 heterocycles. The van der Waals surface area contributed by atoms with E-state index >= 15 is 0 Å². The Kier molecular flexibility index (Phi) is 8.08. The number of nitrogens with one attached hydrogen (secondary N) is 1. The Morgan fingerprint density at radius 3 is 2.73 bits per heavy atom. The Morgan fingerprint density at radius 2 is 2.06 bits per heavy atom. The van der Waals surface area contributed by atoms with Gasteiger partial charge in [0.05, 0.1) is 12.9 Å². The average Bonchev–Trinajstić information content (AvgIpc) is 3.48. The number of alkyl halides is 1. The fourth-order valence-corrected chi connectivity index (χ4v) is 3.28. The van der Waals surface area contributed by atoms with Crippen molar-refractivity contribution in [3.63, 3.8) is 0 Å². The Bertz CT molecular complexity index is 1060. The normalized spacial score (nSPS) is 11.5. The molecule has 176 valence electrons. The molecule has 0 unspecified atom stereocenters. The highest BCUT2D eigenvalue weighted by molar-refractivity contribution is 6.04. The number of aromatic amines is 1. The van der Waals surface area contributed by atoms with Gasteiger partial charge in [-0.25, -0.2) is 4.98 Å². The topological polar surface area (TPSA) is 101 Å². The second-order valence-electron chi connectivity index (χ2n) is 8.97. The number of rotatable bonds is 11. The highest BCUT2D eigenvalue weighted by atomic mass is 19.1. The molecule has 33 heavy (non-hydrogen) atoms. The number of pyridine rings is 1. The van der Waals surface area contributed by atoms with E-state index in [0.717, 1.165) is 30.4 Å². The zero-order valence-electron chi connectivity index (χ0n) is 19.5. The van der Waals surface area contributed by atoms with Crippen molar-refractivity contribution < 1.29 is 13.7 Å². The summed E-state index contributed by atoms with van der Waals surface area (Å²) in [4.78, 5) is 23.4. The van der Waals surface area contributed by atoms with Crippen LogP contribution in [0.5, 0.6) is 0 Å². The molecule has 8 nitrogen and oxygen atoms in total. The molecule has 0 aliphatic rings. The maximum Gasteiger partial charge on any atom is 0.254 e. The predicted octanol–water partition coefficient (Wildman–Crippen LogP) is 4.81. The van der Waals surface area contributed by atoms with Gasteiger partial charge in [-0.05, 0) is 30.5 Å². The van der Waals surface area contributed by atoms with Gasteiger partial charge in [-0.1, -0.05) is 38.9 Å². The number of unbranched alkanes of at least 4 members (excludes halogenated alkanes) is 2. The Hall–Kier alpha value is -3.36. The predicted molar refractivity (Wildman–Crippen MR) is 124 cm³/mol. The van der Waals surface area contributed by atoms with Gasteiger partial charge in [0, 0.05) is 48.3 Å². The van der Waals surface area contributed by atoms with Crippen LogP contribution >= 0.6 is 0 Å². The maximum absolute atomic E-state index is 13.0. The highest BCUT2D eigenvalue weighted by Gasteiger charge is 2.22. The van der Waals surface area contributed by atoms with Crippen molar-refractivity contribution in [3.8, 4) is 11.1 Å². The minimum atomic E-state index is -0.623. The van der Waals surface area contributed by atoms with Crippen LogP contribution in [0.1, 0.15) is 58.2 Å². The van der Waals surface area contributed by atoms with E-state index in [1.807, 2.05) is 32.9 Å². The second kappa shape index (κ2) is 11.0. The number of anilines is 1. The summed E-state index contributed by atoms with van der Waals surface area (Å²) >= 11 is 0. The monoisotopic (exact) mass is 454 g/mol. The van der Waals surface area contributed by atoms with E-state index in [1.54, 1.807) is 23.5 Å². The van der Waals surface area contributed by atoms with Crippen molar-refractivity contribution in [2.45, 2.75) is 58.3 Å². The summed E-state index contributed by atoms with van der Waals surface area (Å²) in [5, 5.41) is 10.8. The Labute approximate surface area is 193 Å². The van der Waals surface area contributed by atoms with Crippen molar-refractivity contribution in [2.24, 2.45) is 0 Å². The van der Waals surface area contributed by atoms with E-state index in [9.17, 15) is 9.18 Å². The molecule has 0 saturated carbocycles. The standard InChI is InChI=1S/C24H31FN6O2/c1-17(9-11-25)22(32)31(21-14-18(10-12-26-21)19-15-27-28-16-19)13-7-5-6-8-20-29-23(33-30-20)24(2,3)4/h10,12,14-16H,1,5-9,11,13H2,2-4H3,(H,27,28). The van der Waals surface area contributed by atoms with Crippen LogP contribution in [-0.2, 0) is 16.6 Å². The van der Waals surface area contributed by atoms with Gasteiger partial charge < -0.3 is 4.52 Å². The smallest absolute Gasteiger partial charge is 0.254 e. The summed E-state index contributed by atoms with van der Waals surface area (Å²) in [6.45, 7) is 9.69. The van der Waals surface area contributed by atoms with E-state index in [-0.39, 0.29) is 23.3 Å². The molecule has 9 heteroatoms. The summed E-state index contributed by atoms with van der Waals surface area (Å²) in [6.07, 6.45) is 8.31. The number of aromatic nitrogens is 5. The molecule has 0 fully saturated rings. The van der Waals surface area contributed by atoms with Crippen LogP contribution in [0.4, 0.5) is 10.2 Å². The van der Waals surface area contributed by atoms with Gasteiger partial charge in [0.1, 0.15) is 5.82 Å². The first-order chi connectivity index (χ1) is 15.8. The molecule has 3 rings (SSSR count). The lowest BCUT2D eigenvalue weighted by Crippen LogP contribution is -2.33. The van der Waals surface area contributed by atoms with Gasteiger partial charge in [0.15, 0.2) is 5.82 Å². The van der Waals surface area contributed by atoms with E-state index < -0.39 is 6.67 Å². The molecular formula is C24H31FN6O2. The van der Waals surface area contributed by atoms with Crippen molar-refractivity contribution in [1.82, 2.24) is 25.3 Å². The van der Waals surface area contributed by atoms with Crippen LogP contribution in [-0.4, -0.2) is 44.4 Å². The lowest BCUT2D eigenvalue weighted by molar-refractivity contribution is -0.115. The Morgan fingerprint density at radius 1 is 1.24 bits per heavy atom.